The molecule has 1 heterocycles. The Labute approximate surface area is 150 Å². The van der Waals surface area contributed by atoms with E-state index in [1.807, 2.05) is 6.92 Å². The fraction of sp³-hybridized carbons (Fsp3) is 0.444. The van der Waals surface area contributed by atoms with E-state index in [9.17, 15) is 13.2 Å². The van der Waals surface area contributed by atoms with E-state index in [4.69, 9.17) is 9.47 Å². The number of rotatable bonds is 6. The number of ether oxygens (including phenoxy) is 2. The van der Waals surface area contributed by atoms with E-state index in [2.05, 4.69) is 15.3 Å². The Morgan fingerprint density at radius 3 is 2.27 bits per heavy atom. The highest BCUT2D eigenvalue weighted by Crippen LogP contribution is 2.36. The Morgan fingerprint density at radius 2 is 1.73 bits per heavy atom. The lowest BCUT2D eigenvalue weighted by molar-refractivity contribution is -0.140. The summed E-state index contributed by atoms with van der Waals surface area (Å²) < 4.78 is 50.3. The van der Waals surface area contributed by atoms with Gasteiger partial charge in [0.1, 0.15) is 16.9 Å². The van der Waals surface area contributed by atoms with Crippen LogP contribution in [-0.2, 0) is 6.18 Å². The molecule has 26 heavy (non-hydrogen) atoms. The molecular weight excluding hydrogens is 347 g/mol. The van der Waals surface area contributed by atoms with Gasteiger partial charge in [-0.05, 0) is 51.5 Å². The molecule has 2 rings (SSSR count). The maximum atomic E-state index is 13.1. The van der Waals surface area contributed by atoms with Crippen LogP contribution in [0.5, 0.6) is 11.6 Å². The zero-order valence-electron chi connectivity index (χ0n) is 15.1. The third kappa shape index (κ3) is 5.79. The summed E-state index contributed by atoms with van der Waals surface area (Å²) in [6.07, 6.45) is -2.98. The highest BCUT2D eigenvalue weighted by molar-refractivity contribution is 5.55. The van der Waals surface area contributed by atoms with Crippen LogP contribution in [-0.4, -0.2) is 22.2 Å². The van der Waals surface area contributed by atoms with E-state index in [1.54, 1.807) is 45.0 Å². The molecule has 0 aliphatic heterocycles. The molecule has 0 radical (unpaired) electrons. The normalized spacial score (nSPS) is 12.0. The molecule has 0 spiro atoms. The van der Waals surface area contributed by atoms with Gasteiger partial charge in [0.15, 0.2) is 0 Å². The maximum Gasteiger partial charge on any atom is 0.423 e. The van der Waals surface area contributed by atoms with E-state index in [0.29, 0.717) is 18.0 Å². The van der Waals surface area contributed by atoms with E-state index in [0.717, 1.165) is 12.6 Å². The lowest BCUT2D eigenvalue weighted by Gasteiger charge is -2.23. The molecule has 1 N–H and O–H groups in total. The first-order valence-electron chi connectivity index (χ1n) is 8.21. The molecular formula is C18H22F3N3O2. The van der Waals surface area contributed by atoms with Crippen molar-refractivity contribution in [1.29, 1.82) is 0 Å². The predicted molar refractivity (Wildman–Crippen MR) is 92.9 cm³/mol. The molecule has 142 valence electrons. The second kappa shape index (κ2) is 7.80. The maximum absolute atomic E-state index is 13.1. The molecule has 0 saturated carbocycles. The lowest BCUT2D eigenvalue weighted by atomic mass is 10.2. The van der Waals surface area contributed by atoms with Crippen LogP contribution in [0.4, 0.5) is 24.8 Å². The van der Waals surface area contributed by atoms with Crippen LogP contribution >= 0.6 is 0 Å². The smallest absolute Gasteiger partial charge is 0.423 e. The van der Waals surface area contributed by atoms with Crippen molar-refractivity contribution in [3.8, 4) is 11.6 Å². The van der Waals surface area contributed by atoms with Gasteiger partial charge in [0.05, 0.1) is 6.61 Å². The van der Waals surface area contributed by atoms with Crippen molar-refractivity contribution >= 4 is 11.6 Å². The zero-order valence-corrected chi connectivity index (χ0v) is 15.1. The number of benzene rings is 1. The Hall–Kier alpha value is -2.51. The summed E-state index contributed by atoms with van der Waals surface area (Å²) in [5.41, 5.74) is -1.22. The minimum atomic E-state index is -4.60. The number of hydrogen-bond acceptors (Lipinski definition) is 5. The minimum absolute atomic E-state index is 0.0134. The largest absolute Gasteiger partial charge is 0.494 e. The van der Waals surface area contributed by atoms with Gasteiger partial charge in [-0.25, -0.2) is 4.98 Å². The second-order valence-electron chi connectivity index (χ2n) is 6.62. The molecule has 8 heteroatoms. The van der Waals surface area contributed by atoms with Crippen LogP contribution in [0.2, 0.25) is 0 Å². The van der Waals surface area contributed by atoms with Crippen LogP contribution in [0, 0.1) is 0 Å². The van der Waals surface area contributed by atoms with Gasteiger partial charge in [0, 0.05) is 11.9 Å². The van der Waals surface area contributed by atoms with Crippen molar-refractivity contribution < 1.29 is 22.6 Å². The van der Waals surface area contributed by atoms with Crippen molar-refractivity contribution in [2.24, 2.45) is 0 Å². The van der Waals surface area contributed by atoms with Crippen molar-refractivity contribution in [2.45, 2.75) is 45.9 Å². The van der Waals surface area contributed by atoms with Crippen molar-refractivity contribution in [2.75, 3.05) is 11.9 Å². The molecule has 2 aromatic rings. The van der Waals surface area contributed by atoms with Crippen LogP contribution < -0.4 is 14.8 Å². The number of alkyl halides is 3. The first-order valence-corrected chi connectivity index (χ1v) is 8.21. The standard InChI is InChI=1S/C18H22F3N3O2/c1-5-10-25-13-8-6-12(7-9-13)23-16-22-11-14(18(19,20)21)15(24-16)26-17(2,3)4/h6-9,11H,5,10H2,1-4H3,(H,22,23,24). The van der Waals surface area contributed by atoms with Gasteiger partial charge >= 0.3 is 6.18 Å². The Balaban J connectivity index is 2.23. The molecule has 0 atom stereocenters. The van der Waals surface area contributed by atoms with Gasteiger partial charge < -0.3 is 14.8 Å². The van der Waals surface area contributed by atoms with Gasteiger partial charge in [-0.2, -0.15) is 18.2 Å². The highest BCUT2D eigenvalue weighted by Gasteiger charge is 2.37. The molecule has 5 nitrogen and oxygen atoms in total. The summed E-state index contributed by atoms with van der Waals surface area (Å²) in [5, 5.41) is 2.87. The van der Waals surface area contributed by atoms with E-state index >= 15 is 0 Å². The predicted octanol–water partition coefficient (Wildman–Crippen LogP) is 5.21. The average Bonchev–Trinajstić information content (AvgIpc) is 2.52. The van der Waals surface area contributed by atoms with Crippen LogP contribution in [0.25, 0.3) is 0 Å². The molecule has 0 unspecified atom stereocenters. The Morgan fingerprint density at radius 1 is 1.08 bits per heavy atom. The number of nitrogens with one attached hydrogen (secondary N) is 1. The molecule has 0 fully saturated rings. The third-order valence-electron chi connectivity index (χ3n) is 3.05. The quantitative estimate of drug-likeness (QED) is 0.758. The lowest BCUT2D eigenvalue weighted by Crippen LogP contribution is -2.26. The number of anilines is 2. The Bertz CT molecular complexity index is 726. The number of hydrogen-bond donors (Lipinski definition) is 1. The number of aromatic nitrogens is 2. The zero-order chi connectivity index (χ0) is 19.4. The van der Waals surface area contributed by atoms with Gasteiger partial charge in [-0.3, -0.25) is 0 Å². The van der Waals surface area contributed by atoms with Gasteiger partial charge in [-0.1, -0.05) is 6.92 Å². The molecule has 0 bridgehead atoms. The number of nitrogens with zero attached hydrogens (tertiary/aromatic N) is 2. The molecule has 0 amide bonds. The molecule has 0 aliphatic rings. The van der Waals surface area contributed by atoms with Crippen molar-refractivity contribution in [3.63, 3.8) is 0 Å². The summed E-state index contributed by atoms with van der Waals surface area (Å²) in [5.74, 6) is 0.215. The first-order chi connectivity index (χ1) is 12.1. The highest BCUT2D eigenvalue weighted by atomic mass is 19.4. The van der Waals surface area contributed by atoms with Gasteiger partial charge in [-0.15, -0.1) is 0 Å². The van der Waals surface area contributed by atoms with Crippen LogP contribution in [0.1, 0.15) is 39.7 Å². The summed E-state index contributed by atoms with van der Waals surface area (Å²) in [4.78, 5) is 7.65. The van der Waals surface area contributed by atoms with E-state index in [1.165, 1.54) is 0 Å². The van der Waals surface area contributed by atoms with E-state index < -0.39 is 23.2 Å². The molecule has 0 aliphatic carbocycles. The van der Waals surface area contributed by atoms with Crippen molar-refractivity contribution in [1.82, 2.24) is 9.97 Å². The first kappa shape index (κ1) is 19.8. The fourth-order valence-corrected chi connectivity index (χ4v) is 1.97. The molecule has 1 aromatic carbocycles. The van der Waals surface area contributed by atoms with Crippen molar-refractivity contribution in [3.05, 3.63) is 36.0 Å². The van der Waals surface area contributed by atoms with Crippen LogP contribution in [0.3, 0.4) is 0 Å². The summed E-state index contributed by atoms with van der Waals surface area (Å²) in [6.45, 7) is 7.57. The molecule has 0 saturated heterocycles. The summed E-state index contributed by atoms with van der Waals surface area (Å²) >= 11 is 0. The topological polar surface area (TPSA) is 56.3 Å². The van der Waals surface area contributed by atoms with E-state index in [-0.39, 0.29) is 5.95 Å². The summed E-state index contributed by atoms with van der Waals surface area (Å²) in [7, 11) is 0. The minimum Gasteiger partial charge on any atom is -0.494 e. The monoisotopic (exact) mass is 369 g/mol. The summed E-state index contributed by atoms with van der Waals surface area (Å²) in [6, 6.07) is 6.98. The second-order valence-corrected chi connectivity index (χ2v) is 6.62. The molecule has 1 aromatic heterocycles. The van der Waals surface area contributed by atoms with Gasteiger partial charge in [0.2, 0.25) is 11.8 Å². The average molecular weight is 369 g/mol. The number of halogens is 3. The SMILES string of the molecule is CCCOc1ccc(Nc2ncc(C(F)(F)F)c(OC(C)(C)C)n2)cc1. The fourth-order valence-electron chi connectivity index (χ4n) is 1.97. The van der Waals surface area contributed by atoms with Gasteiger partial charge in [0.25, 0.3) is 0 Å². The third-order valence-corrected chi connectivity index (χ3v) is 3.05. The Kier molecular flexibility index (Phi) is 5.94. The van der Waals surface area contributed by atoms with Crippen LogP contribution in [0.15, 0.2) is 30.5 Å².